The Kier molecular flexibility index (Phi) is 5.98. The zero-order valence-electron chi connectivity index (χ0n) is 15.7. The van der Waals surface area contributed by atoms with Crippen LogP contribution >= 0.6 is 0 Å². The number of carbonyl (C=O) groups is 1. The topological polar surface area (TPSA) is 70.2 Å². The molecule has 1 amide bonds. The van der Waals surface area contributed by atoms with Crippen LogP contribution in [0.5, 0.6) is 5.88 Å². The molecule has 0 fully saturated rings. The minimum atomic E-state index is -0.346. The normalized spacial score (nSPS) is 11.7. The van der Waals surface area contributed by atoms with Gasteiger partial charge >= 0.3 is 0 Å². The van der Waals surface area contributed by atoms with E-state index in [0.717, 1.165) is 29.6 Å². The minimum Gasteiger partial charge on any atom is -0.493 e. The highest BCUT2D eigenvalue weighted by molar-refractivity contribution is 5.95. The SMILES string of the molecule is CCN(CC)Cn1c(O)c(N=NC(=O)Cc2ccccc2)c2ccccc21. The van der Waals surface area contributed by atoms with Crippen LogP contribution in [0.3, 0.4) is 0 Å². The zero-order chi connectivity index (χ0) is 19.2. The van der Waals surface area contributed by atoms with Gasteiger partial charge in [0.05, 0.1) is 18.6 Å². The monoisotopic (exact) mass is 364 g/mol. The van der Waals surface area contributed by atoms with Crippen LogP contribution in [0.2, 0.25) is 0 Å². The number of aromatic hydroxyl groups is 1. The van der Waals surface area contributed by atoms with Crippen LogP contribution in [0.15, 0.2) is 64.8 Å². The third-order valence-corrected chi connectivity index (χ3v) is 4.61. The van der Waals surface area contributed by atoms with Crippen molar-refractivity contribution < 1.29 is 9.90 Å². The third-order valence-electron chi connectivity index (χ3n) is 4.61. The molecule has 0 spiro atoms. The number of hydrogen-bond acceptors (Lipinski definition) is 4. The van der Waals surface area contributed by atoms with Crippen molar-refractivity contribution in [3.05, 3.63) is 60.2 Å². The predicted octanol–water partition coefficient (Wildman–Crippen LogP) is 4.50. The molecule has 1 aromatic heterocycles. The maximum absolute atomic E-state index is 12.2. The van der Waals surface area contributed by atoms with Gasteiger partial charge in [0.1, 0.15) is 0 Å². The maximum Gasteiger partial charge on any atom is 0.269 e. The standard InChI is InChI=1S/C21H24N4O2/c1-3-24(4-2)15-25-18-13-9-8-12-17(18)20(21(25)27)23-22-19(26)14-16-10-6-5-7-11-16/h5-13,27H,3-4,14-15H2,1-2H3. The molecule has 27 heavy (non-hydrogen) atoms. The van der Waals surface area contributed by atoms with Gasteiger partial charge in [0.2, 0.25) is 5.88 Å². The van der Waals surface area contributed by atoms with Crippen LogP contribution in [0, 0.1) is 0 Å². The molecule has 1 N–H and O–H groups in total. The Morgan fingerprint density at radius 1 is 1.04 bits per heavy atom. The van der Waals surface area contributed by atoms with E-state index in [9.17, 15) is 9.90 Å². The average Bonchev–Trinajstić information content (AvgIpc) is 2.96. The second kappa shape index (κ2) is 8.60. The number of benzene rings is 2. The molecule has 6 heteroatoms. The Hall–Kier alpha value is -2.99. The fourth-order valence-corrected chi connectivity index (χ4v) is 3.05. The van der Waals surface area contributed by atoms with E-state index in [1.807, 2.05) is 54.6 Å². The van der Waals surface area contributed by atoms with Crippen molar-refractivity contribution in [3.8, 4) is 5.88 Å². The molecular formula is C21H24N4O2. The Morgan fingerprint density at radius 2 is 1.70 bits per heavy atom. The molecule has 0 aliphatic heterocycles. The largest absolute Gasteiger partial charge is 0.493 e. The molecule has 0 saturated carbocycles. The summed E-state index contributed by atoms with van der Waals surface area (Å²) in [4.78, 5) is 14.3. The smallest absolute Gasteiger partial charge is 0.269 e. The zero-order valence-corrected chi connectivity index (χ0v) is 15.7. The van der Waals surface area contributed by atoms with Crippen molar-refractivity contribution in [1.29, 1.82) is 0 Å². The molecule has 0 radical (unpaired) electrons. The lowest BCUT2D eigenvalue weighted by Gasteiger charge is -2.19. The first kappa shape index (κ1) is 18.8. The maximum atomic E-state index is 12.2. The van der Waals surface area contributed by atoms with E-state index in [1.165, 1.54) is 0 Å². The van der Waals surface area contributed by atoms with E-state index in [4.69, 9.17) is 0 Å². The number of amides is 1. The molecule has 3 aromatic rings. The molecule has 0 atom stereocenters. The van der Waals surface area contributed by atoms with Crippen molar-refractivity contribution in [3.63, 3.8) is 0 Å². The lowest BCUT2D eigenvalue weighted by molar-refractivity contribution is -0.117. The summed E-state index contributed by atoms with van der Waals surface area (Å²) in [6.45, 7) is 6.45. The summed E-state index contributed by atoms with van der Waals surface area (Å²) in [5.41, 5.74) is 2.08. The van der Waals surface area contributed by atoms with Crippen molar-refractivity contribution in [2.45, 2.75) is 26.9 Å². The Bertz CT molecular complexity index is 943. The van der Waals surface area contributed by atoms with Crippen molar-refractivity contribution in [2.75, 3.05) is 13.1 Å². The van der Waals surface area contributed by atoms with E-state index < -0.39 is 0 Å². The fraction of sp³-hybridized carbons (Fsp3) is 0.286. The van der Waals surface area contributed by atoms with Crippen LogP contribution in [0.4, 0.5) is 5.69 Å². The number of azo groups is 1. The van der Waals surface area contributed by atoms with Crippen LogP contribution in [0.25, 0.3) is 10.9 Å². The number of fused-ring (bicyclic) bond motifs is 1. The summed E-state index contributed by atoms with van der Waals surface area (Å²) >= 11 is 0. The first-order valence-corrected chi connectivity index (χ1v) is 9.15. The first-order valence-electron chi connectivity index (χ1n) is 9.15. The minimum absolute atomic E-state index is 0.0272. The second-order valence-electron chi connectivity index (χ2n) is 6.32. The Labute approximate surface area is 158 Å². The molecule has 3 rings (SSSR count). The van der Waals surface area contributed by atoms with E-state index in [2.05, 4.69) is 29.0 Å². The number of rotatable bonds is 7. The number of nitrogens with zero attached hydrogens (tertiary/aromatic N) is 4. The average molecular weight is 364 g/mol. The van der Waals surface area contributed by atoms with Gasteiger partial charge in [0, 0.05) is 5.39 Å². The van der Waals surface area contributed by atoms with Crippen LogP contribution in [-0.4, -0.2) is 33.6 Å². The van der Waals surface area contributed by atoms with E-state index >= 15 is 0 Å². The molecular weight excluding hydrogens is 340 g/mol. The number of aromatic nitrogens is 1. The van der Waals surface area contributed by atoms with Crippen molar-refractivity contribution in [1.82, 2.24) is 9.47 Å². The lowest BCUT2D eigenvalue weighted by Crippen LogP contribution is -2.25. The molecule has 2 aromatic carbocycles. The molecule has 0 aliphatic carbocycles. The van der Waals surface area contributed by atoms with Crippen LogP contribution in [0.1, 0.15) is 19.4 Å². The van der Waals surface area contributed by atoms with Gasteiger partial charge in [-0.2, -0.15) is 0 Å². The molecule has 0 aliphatic rings. The van der Waals surface area contributed by atoms with Gasteiger partial charge in [-0.25, -0.2) is 0 Å². The molecule has 0 bridgehead atoms. The van der Waals surface area contributed by atoms with Gasteiger partial charge in [0.15, 0.2) is 5.69 Å². The lowest BCUT2D eigenvalue weighted by atomic mass is 10.1. The number of carbonyl (C=O) groups excluding carboxylic acids is 1. The van der Waals surface area contributed by atoms with Crippen LogP contribution in [-0.2, 0) is 17.9 Å². The first-order chi connectivity index (χ1) is 13.1. The summed E-state index contributed by atoms with van der Waals surface area (Å²) in [7, 11) is 0. The van der Waals surface area contributed by atoms with Crippen LogP contribution < -0.4 is 0 Å². The molecule has 1 heterocycles. The van der Waals surface area contributed by atoms with Gasteiger partial charge in [0.25, 0.3) is 5.91 Å². The highest BCUT2D eigenvalue weighted by Gasteiger charge is 2.18. The summed E-state index contributed by atoms with van der Waals surface area (Å²) in [5, 5.41) is 19.4. The van der Waals surface area contributed by atoms with E-state index in [-0.39, 0.29) is 18.2 Å². The van der Waals surface area contributed by atoms with Gasteiger partial charge < -0.3 is 5.11 Å². The molecule has 140 valence electrons. The van der Waals surface area contributed by atoms with E-state index in [1.54, 1.807) is 4.57 Å². The van der Waals surface area contributed by atoms with E-state index in [0.29, 0.717) is 12.4 Å². The van der Waals surface area contributed by atoms with Crippen molar-refractivity contribution >= 4 is 22.5 Å². The second-order valence-corrected chi connectivity index (χ2v) is 6.32. The summed E-state index contributed by atoms with van der Waals surface area (Å²) < 4.78 is 1.80. The van der Waals surface area contributed by atoms with Gasteiger partial charge in [-0.3, -0.25) is 14.3 Å². The van der Waals surface area contributed by atoms with Gasteiger partial charge in [-0.05, 0) is 24.7 Å². The Balaban J connectivity index is 1.90. The quantitative estimate of drug-likeness (QED) is 0.628. The number of hydrogen-bond donors (Lipinski definition) is 1. The highest BCUT2D eigenvalue weighted by atomic mass is 16.3. The molecule has 6 nitrogen and oxygen atoms in total. The predicted molar refractivity (Wildman–Crippen MR) is 106 cm³/mol. The molecule has 0 unspecified atom stereocenters. The van der Waals surface area contributed by atoms with Gasteiger partial charge in [-0.1, -0.05) is 62.4 Å². The summed E-state index contributed by atoms with van der Waals surface area (Å²) in [6, 6.07) is 17.0. The summed E-state index contributed by atoms with van der Waals surface area (Å²) in [5.74, 6) is -0.319. The Morgan fingerprint density at radius 3 is 2.41 bits per heavy atom. The fourth-order valence-electron chi connectivity index (χ4n) is 3.05. The highest BCUT2D eigenvalue weighted by Crippen LogP contribution is 2.38. The summed E-state index contributed by atoms with van der Waals surface area (Å²) in [6.07, 6.45) is 0.184. The van der Waals surface area contributed by atoms with Gasteiger partial charge in [-0.15, -0.1) is 10.2 Å². The third kappa shape index (κ3) is 4.23. The molecule has 0 saturated heterocycles. The number of para-hydroxylation sites is 1. The van der Waals surface area contributed by atoms with Crippen molar-refractivity contribution in [2.24, 2.45) is 10.2 Å².